The first kappa shape index (κ1) is 15.3. The molecule has 7 nitrogen and oxygen atoms in total. The number of primary amides is 1. The molecule has 108 valence electrons. The fraction of sp³-hybridized carbons (Fsp3) is 0.750. The van der Waals surface area contributed by atoms with Crippen LogP contribution < -0.4 is 11.5 Å². The zero-order valence-electron chi connectivity index (χ0n) is 11.4. The second kappa shape index (κ2) is 5.90. The number of oxime groups is 1. The van der Waals surface area contributed by atoms with Crippen LogP contribution in [0.15, 0.2) is 5.16 Å². The first-order chi connectivity index (χ1) is 8.80. The molecule has 1 rings (SSSR count). The number of amides is 2. The molecule has 0 spiro atoms. The van der Waals surface area contributed by atoms with Crippen LogP contribution in [0, 0.1) is 5.41 Å². The smallest absolute Gasteiger partial charge is 0.237 e. The van der Waals surface area contributed by atoms with Crippen LogP contribution in [0.3, 0.4) is 0 Å². The van der Waals surface area contributed by atoms with Crippen LogP contribution in [0.25, 0.3) is 0 Å². The molecule has 0 radical (unpaired) electrons. The van der Waals surface area contributed by atoms with Crippen LogP contribution in [0.1, 0.15) is 39.5 Å². The highest BCUT2D eigenvalue weighted by Crippen LogP contribution is 2.28. The predicted octanol–water partition coefficient (Wildman–Crippen LogP) is 0.0155. The third-order valence-corrected chi connectivity index (χ3v) is 3.64. The largest absolute Gasteiger partial charge is 0.409 e. The Hall–Kier alpha value is -1.79. The van der Waals surface area contributed by atoms with Gasteiger partial charge < -0.3 is 21.6 Å². The van der Waals surface area contributed by atoms with Crippen molar-refractivity contribution in [2.24, 2.45) is 22.0 Å². The van der Waals surface area contributed by atoms with E-state index in [0.29, 0.717) is 0 Å². The lowest BCUT2D eigenvalue weighted by Gasteiger charge is -2.34. The average molecular weight is 270 g/mol. The molecule has 1 saturated carbocycles. The van der Waals surface area contributed by atoms with Crippen molar-refractivity contribution < 1.29 is 14.8 Å². The lowest BCUT2D eigenvalue weighted by molar-refractivity contribution is -0.142. The first-order valence-corrected chi connectivity index (χ1v) is 6.38. The van der Waals surface area contributed by atoms with E-state index in [4.69, 9.17) is 16.7 Å². The van der Waals surface area contributed by atoms with Gasteiger partial charge >= 0.3 is 0 Å². The number of hydrogen-bond donors (Lipinski definition) is 3. The third kappa shape index (κ3) is 3.36. The summed E-state index contributed by atoms with van der Waals surface area (Å²) in [4.78, 5) is 25.2. The molecular formula is C12H22N4O3. The lowest BCUT2D eigenvalue weighted by Crippen LogP contribution is -2.53. The van der Waals surface area contributed by atoms with Gasteiger partial charge in [-0.2, -0.15) is 0 Å². The number of carbonyl (C=O) groups is 2. The van der Waals surface area contributed by atoms with E-state index >= 15 is 0 Å². The molecule has 0 bridgehead atoms. The van der Waals surface area contributed by atoms with Crippen molar-refractivity contribution in [1.82, 2.24) is 4.90 Å². The van der Waals surface area contributed by atoms with Gasteiger partial charge in [0.15, 0.2) is 5.84 Å². The highest BCUT2D eigenvalue weighted by atomic mass is 16.4. The molecule has 0 aromatic rings. The van der Waals surface area contributed by atoms with E-state index in [2.05, 4.69) is 5.16 Å². The van der Waals surface area contributed by atoms with E-state index in [9.17, 15) is 9.59 Å². The van der Waals surface area contributed by atoms with Gasteiger partial charge in [0.1, 0.15) is 5.41 Å². The summed E-state index contributed by atoms with van der Waals surface area (Å²) in [6.07, 6.45) is 3.75. The fourth-order valence-corrected chi connectivity index (χ4v) is 2.34. The average Bonchev–Trinajstić information content (AvgIpc) is 2.87. The Labute approximate surface area is 112 Å². The summed E-state index contributed by atoms with van der Waals surface area (Å²) in [5.41, 5.74) is 9.60. The molecule has 19 heavy (non-hydrogen) atoms. The highest BCUT2D eigenvalue weighted by Gasteiger charge is 2.40. The Morgan fingerprint density at radius 2 is 1.84 bits per heavy atom. The van der Waals surface area contributed by atoms with Gasteiger partial charge in [0, 0.05) is 6.04 Å². The molecule has 7 heteroatoms. The van der Waals surface area contributed by atoms with Crippen LogP contribution in [0.2, 0.25) is 0 Å². The molecule has 0 saturated heterocycles. The van der Waals surface area contributed by atoms with E-state index in [-0.39, 0.29) is 24.3 Å². The number of amidine groups is 1. The van der Waals surface area contributed by atoms with Gasteiger partial charge in [-0.05, 0) is 26.7 Å². The second-order valence-corrected chi connectivity index (χ2v) is 5.45. The minimum Gasteiger partial charge on any atom is -0.409 e. The topological polar surface area (TPSA) is 122 Å². The Kier molecular flexibility index (Phi) is 4.74. The lowest BCUT2D eigenvalue weighted by atomic mass is 9.89. The van der Waals surface area contributed by atoms with Crippen LogP contribution in [0.5, 0.6) is 0 Å². The van der Waals surface area contributed by atoms with E-state index < -0.39 is 11.3 Å². The molecule has 1 fully saturated rings. The molecule has 0 aliphatic heterocycles. The maximum Gasteiger partial charge on any atom is 0.237 e. The minimum atomic E-state index is -1.16. The Morgan fingerprint density at radius 1 is 1.32 bits per heavy atom. The summed E-state index contributed by atoms with van der Waals surface area (Å²) < 4.78 is 0. The van der Waals surface area contributed by atoms with Gasteiger partial charge in [-0.15, -0.1) is 0 Å². The van der Waals surface area contributed by atoms with Crippen LogP contribution in [-0.4, -0.2) is 40.3 Å². The summed E-state index contributed by atoms with van der Waals surface area (Å²) >= 11 is 0. The highest BCUT2D eigenvalue weighted by molar-refractivity contribution is 6.06. The number of rotatable bonds is 5. The van der Waals surface area contributed by atoms with Crippen LogP contribution in [0.4, 0.5) is 0 Å². The van der Waals surface area contributed by atoms with Crippen molar-refractivity contribution in [3.8, 4) is 0 Å². The van der Waals surface area contributed by atoms with Crippen molar-refractivity contribution in [3.63, 3.8) is 0 Å². The molecule has 0 unspecified atom stereocenters. The van der Waals surface area contributed by atoms with Crippen LogP contribution >= 0.6 is 0 Å². The van der Waals surface area contributed by atoms with E-state index in [0.717, 1.165) is 25.7 Å². The molecular weight excluding hydrogens is 248 g/mol. The number of hydrogen-bond acceptors (Lipinski definition) is 4. The van der Waals surface area contributed by atoms with Gasteiger partial charge in [-0.3, -0.25) is 9.59 Å². The SMILES string of the molecule is CC(C)(C(=O)N(CC(N)=O)C1CCCC1)C(N)=NO. The molecule has 5 N–H and O–H groups in total. The summed E-state index contributed by atoms with van der Waals surface area (Å²) in [6, 6.07) is 0.00534. The van der Waals surface area contributed by atoms with Gasteiger partial charge in [-0.25, -0.2) is 0 Å². The Bertz CT molecular complexity index is 386. The zero-order chi connectivity index (χ0) is 14.6. The van der Waals surface area contributed by atoms with Crippen molar-refractivity contribution >= 4 is 17.6 Å². The van der Waals surface area contributed by atoms with Gasteiger partial charge in [-0.1, -0.05) is 18.0 Å². The second-order valence-electron chi connectivity index (χ2n) is 5.45. The van der Waals surface area contributed by atoms with Crippen molar-refractivity contribution in [2.45, 2.75) is 45.6 Å². The first-order valence-electron chi connectivity index (χ1n) is 6.38. The molecule has 2 amide bonds. The predicted molar refractivity (Wildman–Crippen MR) is 70.4 cm³/mol. The number of nitrogens with two attached hydrogens (primary N) is 2. The molecule has 1 aliphatic rings. The normalized spacial score (nSPS) is 17.5. The Balaban J connectivity index is 2.96. The van der Waals surface area contributed by atoms with Crippen molar-refractivity contribution in [2.75, 3.05) is 6.54 Å². The van der Waals surface area contributed by atoms with Crippen molar-refractivity contribution in [1.29, 1.82) is 0 Å². The zero-order valence-corrected chi connectivity index (χ0v) is 11.4. The monoisotopic (exact) mass is 270 g/mol. The third-order valence-electron chi connectivity index (χ3n) is 3.64. The van der Waals surface area contributed by atoms with Gasteiger partial charge in [0.05, 0.1) is 6.54 Å². The fourth-order valence-electron chi connectivity index (χ4n) is 2.34. The summed E-state index contributed by atoms with van der Waals surface area (Å²) in [6.45, 7) is 2.99. The molecule has 0 atom stereocenters. The quantitative estimate of drug-likeness (QED) is 0.282. The van der Waals surface area contributed by atoms with Gasteiger partial charge in [0.25, 0.3) is 0 Å². The Morgan fingerprint density at radius 3 is 2.26 bits per heavy atom. The summed E-state index contributed by atoms with van der Waals surface area (Å²) in [5.74, 6) is -1.07. The summed E-state index contributed by atoms with van der Waals surface area (Å²) in [5, 5.41) is 11.6. The maximum absolute atomic E-state index is 12.5. The molecule has 0 heterocycles. The molecule has 0 aromatic carbocycles. The summed E-state index contributed by atoms with van der Waals surface area (Å²) in [7, 11) is 0. The number of nitrogens with zero attached hydrogens (tertiary/aromatic N) is 2. The molecule has 1 aliphatic carbocycles. The number of carbonyl (C=O) groups excluding carboxylic acids is 2. The van der Waals surface area contributed by atoms with Crippen LogP contribution in [-0.2, 0) is 9.59 Å². The van der Waals surface area contributed by atoms with Crippen molar-refractivity contribution in [3.05, 3.63) is 0 Å². The molecule has 0 aromatic heterocycles. The van der Waals surface area contributed by atoms with E-state index in [1.54, 1.807) is 13.8 Å². The van der Waals surface area contributed by atoms with E-state index in [1.807, 2.05) is 0 Å². The standard InChI is InChI=1S/C12H22N4O3/c1-12(2,10(14)15-19)11(18)16(7-9(13)17)8-5-3-4-6-8/h8,19H,3-7H2,1-2H3,(H2,13,17)(H2,14,15). The maximum atomic E-state index is 12.5. The van der Waals surface area contributed by atoms with Gasteiger partial charge in [0.2, 0.25) is 11.8 Å². The van der Waals surface area contributed by atoms with E-state index in [1.165, 1.54) is 4.90 Å². The minimum absolute atomic E-state index is 0.00534.